The zero-order valence-electron chi connectivity index (χ0n) is 39.9. The fourth-order valence-electron chi connectivity index (χ4n) is 6.28. The molecular weight excluding hydrogens is 787 g/mol. The third-order valence-electron chi connectivity index (χ3n) is 8.97. The molecule has 342 valence electrons. The van der Waals surface area contributed by atoms with Crippen LogP contribution in [0.25, 0.3) is 0 Å². The van der Waals surface area contributed by atoms with Crippen molar-refractivity contribution in [3.8, 4) is 0 Å². The number of aromatic nitrogens is 2. The van der Waals surface area contributed by atoms with Crippen LogP contribution in [0.1, 0.15) is 146 Å². The number of nitrogens with zero attached hydrogens (tertiary/aromatic N) is 5. The number of pyridine rings is 2. The molecule has 0 bridgehead atoms. The molecule has 0 saturated heterocycles. The fraction of sp³-hybridized carbons (Fsp3) is 0.592. The van der Waals surface area contributed by atoms with Gasteiger partial charge in [-0.05, 0) is 131 Å². The van der Waals surface area contributed by atoms with Crippen molar-refractivity contribution in [2.75, 3.05) is 45.8 Å². The van der Waals surface area contributed by atoms with Gasteiger partial charge in [0.1, 0.15) is 33.8 Å². The molecule has 0 spiro atoms. The lowest BCUT2D eigenvalue weighted by atomic mass is 10.0. The average molecular weight is 860 g/mol. The average Bonchev–Trinajstić information content (AvgIpc) is 3.11. The summed E-state index contributed by atoms with van der Waals surface area (Å²) in [6.07, 6.45) is 0.773. The van der Waals surface area contributed by atoms with E-state index in [2.05, 4.69) is 53.0 Å². The Morgan fingerprint density at radius 3 is 1.23 bits per heavy atom. The Kier molecular flexibility index (Phi) is 18.8. The second kappa shape index (κ2) is 22.6. The van der Waals surface area contributed by atoms with Gasteiger partial charge in [-0.25, -0.2) is 19.6 Å². The number of benzene rings is 1. The molecule has 62 heavy (non-hydrogen) atoms. The van der Waals surface area contributed by atoms with Gasteiger partial charge in [-0.3, -0.25) is 19.4 Å². The maximum Gasteiger partial charge on any atom is 0.357 e. The van der Waals surface area contributed by atoms with Crippen molar-refractivity contribution in [2.45, 2.75) is 145 Å². The Morgan fingerprint density at radius 2 is 0.871 bits per heavy atom. The van der Waals surface area contributed by atoms with Gasteiger partial charge in [0, 0.05) is 45.8 Å². The van der Waals surface area contributed by atoms with Crippen LogP contribution >= 0.6 is 0 Å². The molecular formula is C49H73N5O8. The second-order valence-electron chi connectivity index (χ2n) is 20.1. The topological polar surface area (TPSA) is 141 Å². The van der Waals surface area contributed by atoms with Crippen LogP contribution in [0.3, 0.4) is 0 Å². The van der Waals surface area contributed by atoms with Gasteiger partial charge in [0.05, 0.1) is 24.5 Å². The maximum atomic E-state index is 13.3. The molecule has 1 aromatic carbocycles. The van der Waals surface area contributed by atoms with E-state index in [4.69, 9.17) is 18.9 Å². The lowest BCUT2D eigenvalue weighted by Crippen LogP contribution is -2.43. The summed E-state index contributed by atoms with van der Waals surface area (Å²) in [5, 5.41) is 0. The summed E-state index contributed by atoms with van der Waals surface area (Å²) in [6, 6.07) is 19.1. The van der Waals surface area contributed by atoms with Crippen molar-refractivity contribution in [2.24, 2.45) is 0 Å². The number of carbonyl (C=O) groups is 4. The predicted molar refractivity (Wildman–Crippen MR) is 242 cm³/mol. The molecule has 0 N–H and O–H groups in total. The summed E-state index contributed by atoms with van der Waals surface area (Å²) in [4.78, 5) is 67.9. The zero-order valence-corrected chi connectivity index (χ0v) is 39.9. The molecule has 0 aliphatic carbocycles. The summed E-state index contributed by atoms with van der Waals surface area (Å²) in [6.45, 7) is 29.5. The Bertz CT molecular complexity index is 1810. The van der Waals surface area contributed by atoms with E-state index in [0.717, 1.165) is 6.42 Å². The molecule has 13 heteroatoms. The Hall–Kier alpha value is -4.72. The van der Waals surface area contributed by atoms with Crippen molar-refractivity contribution in [3.63, 3.8) is 0 Å². The SMILES string of the molecule is CC(C)c1ccc(CCN(CCN(CC(=O)OC(C)(C)C)Cc2cccc(C(=O)OC(C)(C)C)n2)CCN(CC(=O)OC(C)(C)C)Cc2cccc(C(=O)OC(C)(C)C)n2)cc1. The van der Waals surface area contributed by atoms with Crippen molar-refractivity contribution in [3.05, 3.63) is 94.6 Å². The molecule has 2 heterocycles. The highest BCUT2D eigenvalue weighted by molar-refractivity contribution is 5.88. The first-order valence-corrected chi connectivity index (χ1v) is 21.7. The Labute approximate surface area is 370 Å². The first-order valence-electron chi connectivity index (χ1n) is 21.7. The lowest BCUT2D eigenvalue weighted by Gasteiger charge is -2.30. The van der Waals surface area contributed by atoms with Gasteiger partial charge in [-0.2, -0.15) is 0 Å². The van der Waals surface area contributed by atoms with Gasteiger partial charge in [0.25, 0.3) is 0 Å². The summed E-state index contributed by atoms with van der Waals surface area (Å²) < 4.78 is 22.6. The smallest absolute Gasteiger partial charge is 0.357 e. The molecule has 0 fully saturated rings. The van der Waals surface area contributed by atoms with E-state index in [9.17, 15) is 19.2 Å². The monoisotopic (exact) mass is 860 g/mol. The molecule has 3 rings (SSSR count). The number of esters is 4. The Morgan fingerprint density at radius 1 is 0.500 bits per heavy atom. The van der Waals surface area contributed by atoms with Gasteiger partial charge < -0.3 is 23.8 Å². The molecule has 0 aliphatic heterocycles. The minimum atomic E-state index is -0.680. The van der Waals surface area contributed by atoms with Gasteiger partial charge in [-0.1, -0.05) is 50.2 Å². The minimum Gasteiger partial charge on any atom is -0.459 e. The summed E-state index contributed by atoms with van der Waals surface area (Å²) in [5.41, 5.74) is 1.36. The van der Waals surface area contributed by atoms with Crippen LogP contribution in [0.5, 0.6) is 0 Å². The van der Waals surface area contributed by atoms with Gasteiger partial charge >= 0.3 is 23.9 Å². The van der Waals surface area contributed by atoms with Crippen LogP contribution in [0.15, 0.2) is 60.7 Å². The largest absolute Gasteiger partial charge is 0.459 e. The second-order valence-corrected chi connectivity index (χ2v) is 20.1. The molecule has 2 aromatic heterocycles. The highest BCUT2D eigenvalue weighted by atomic mass is 16.6. The quantitative estimate of drug-likeness (QED) is 0.0801. The Balaban J connectivity index is 1.93. The number of rotatable bonds is 20. The van der Waals surface area contributed by atoms with Crippen molar-refractivity contribution in [1.82, 2.24) is 24.7 Å². The summed E-state index contributed by atoms with van der Waals surface area (Å²) >= 11 is 0. The third kappa shape index (κ3) is 20.9. The van der Waals surface area contributed by atoms with Crippen LogP contribution in [0, 0.1) is 0 Å². The van der Waals surface area contributed by atoms with E-state index >= 15 is 0 Å². The molecule has 0 atom stereocenters. The molecule has 0 amide bonds. The van der Waals surface area contributed by atoms with Crippen LogP contribution < -0.4 is 0 Å². The third-order valence-corrected chi connectivity index (χ3v) is 8.97. The van der Waals surface area contributed by atoms with Gasteiger partial charge in [-0.15, -0.1) is 0 Å². The first-order chi connectivity index (χ1) is 28.6. The predicted octanol–water partition coefficient (Wildman–Crippen LogP) is 8.04. The van der Waals surface area contributed by atoms with E-state index in [0.29, 0.717) is 50.0 Å². The number of hydrogen-bond donors (Lipinski definition) is 0. The van der Waals surface area contributed by atoms with Crippen molar-refractivity contribution in [1.29, 1.82) is 0 Å². The molecule has 0 aliphatic rings. The maximum absolute atomic E-state index is 13.3. The normalized spacial score (nSPS) is 12.5. The van der Waals surface area contributed by atoms with E-state index < -0.39 is 34.3 Å². The van der Waals surface area contributed by atoms with Crippen LogP contribution in [0.4, 0.5) is 0 Å². The number of carbonyl (C=O) groups excluding carboxylic acids is 4. The van der Waals surface area contributed by atoms with Crippen LogP contribution in [0.2, 0.25) is 0 Å². The summed E-state index contributed by atoms with van der Waals surface area (Å²) in [5.74, 6) is -1.36. The molecule has 0 radical (unpaired) electrons. The summed E-state index contributed by atoms with van der Waals surface area (Å²) in [7, 11) is 0. The van der Waals surface area contributed by atoms with E-state index in [1.165, 1.54) is 11.1 Å². The fourth-order valence-corrected chi connectivity index (χ4v) is 6.28. The van der Waals surface area contributed by atoms with E-state index in [1.807, 2.05) is 105 Å². The lowest BCUT2D eigenvalue weighted by molar-refractivity contribution is -0.157. The van der Waals surface area contributed by atoms with E-state index in [-0.39, 0.29) is 49.5 Å². The highest BCUT2D eigenvalue weighted by Crippen LogP contribution is 2.18. The van der Waals surface area contributed by atoms with Crippen LogP contribution in [-0.2, 0) is 48.0 Å². The molecule has 0 saturated carbocycles. The highest BCUT2D eigenvalue weighted by Gasteiger charge is 2.25. The van der Waals surface area contributed by atoms with Gasteiger partial charge in [0.2, 0.25) is 0 Å². The minimum absolute atomic E-state index is 0.00451. The van der Waals surface area contributed by atoms with E-state index in [1.54, 1.807) is 24.3 Å². The standard InChI is InChI=1S/C49H73N5O8/c1-35(2)37-23-21-36(22-24-37)25-26-52(27-29-53(33-42(55)59-46(3,4)5)31-38-17-15-19-40(50-38)44(57)61-48(9,10)11)28-30-54(34-43(56)60-47(6,7)8)32-39-18-16-20-41(51-39)45(58)62-49(12,13)14/h15-24,35H,25-34H2,1-14H3. The first kappa shape index (κ1) is 51.6. The molecule has 3 aromatic rings. The molecule has 13 nitrogen and oxygen atoms in total. The zero-order chi connectivity index (χ0) is 46.5. The van der Waals surface area contributed by atoms with Crippen molar-refractivity contribution < 1.29 is 38.1 Å². The van der Waals surface area contributed by atoms with Gasteiger partial charge in [0.15, 0.2) is 0 Å². The van der Waals surface area contributed by atoms with Crippen LogP contribution in [-0.4, -0.2) is 117 Å². The molecule has 0 unspecified atom stereocenters. The number of hydrogen-bond acceptors (Lipinski definition) is 13. The number of ether oxygens (including phenoxy) is 4. The van der Waals surface area contributed by atoms with Crippen molar-refractivity contribution >= 4 is 23.9 Å².